The molecule has 0 fully saturated rings. The third-order valence-corrected chi connectivity index (χ3v) is 4.28. The highest BCUT2D eigenvalue weighted by Crippen LogP contribution is 2.14. The molecule has 1 amide bonds. The minimum Gasteiger partial charge on any atom is -0.492 e. The van der Waals surface area contributed by atoms with Crippen molar-refractivity contribution in [3.63, 3.8) is 0 Å². The summed E-state index contributed by atoms with van der Waals surface area (Å²) in [6.07, 6.45) is 1.65. The highest BCUT2D eigenvalue weighted by molar-refractivity contribution is 5.93. The second-order valence-corrected chi connectivity index (χ2v) is 6.37. The van der Waals surface area contributed by atoms with Gasteiger partial charge in [0.05, 0.1) is 12.8 Å². The molecule has 0 saturated carbocycles. The summed E-state index contributed by atoms with van der Waals surface area (Å²) >= 11 is 0. The van der Waals surface area contributed by atoms with Gasteiger partial charge in [0.25, 0.3) is 5.91 Å². The van der Waals surface area contributed by atoms with Crippen molar-refractivity contribution in [3.05, 3.63) is 89.6 Å². The molecule has 0 saturated heterocycles. The maximum Gasteiger partial charge on any atom is 0.251 e. The van der Waals surface area contributed by atoms with Gasteiger partial charge in [-0.25, -0.2) is 4.39 Å². The number of ether oxygens (including phenoxy) is 1. The fourth-order valence-corrected chi connectivity index (χ4v) is 2.85. The quantitative estimate of drug-likeness (QED) is 0.611. The number of nitrogens with zero attached hydrogens (tertiary/aromatic N) is 1. The van der Waals surface area contributed by atoms with Gasteiger partial charge in [-0.3, -0.25) is 9.69 Å². The monoisotopic (exact) mass is 382 g/mol. The zero-order valence-electron chi connectivity index (χ0n) is 15.7. The van der Waals surface area contributed by atoms with Gasteiger partial charge in [-0.1, -0.05) is 18.2 Å². The van der Waals surface area contributed by atoms with Crippen molar-refractivity contribution in [1.82, 2.24) is 10.2 Å². The van der Waals surface area contributed by atoms with Gasteiger partial charge in [0, 0.05) is 31.8 Å². The van der Waals surface area contributed by atoms with E-state index in [-0.39, 0.29) is 11.7 Å². The minimum absolute atomic E-state index is 0.109. The number of nitrogens with one attached hydrogen (secondary N) is 1. The standard InChI is InChI=1S/C22H23FN2O3/c1-24-22(26)18-9-7-17(8-10-18)15-25(16-21-6-3-12-27-21)11-13-28-20-5-2-4-19(23)14-20/h2-10,12,14H,11,13,15-16H2,1H3,(H,24,26). The molecule has 6 heteroatoms. The Morgan fingerprint density at radius 1 is 1.11 bits per heavy atom. The molecule has 28 heavy (non-hydrogen) atoms. The number of rotatable bonds is 9. The van der Waals surface area contributed by atoms with Crippen LogP contribution in [-0.4, -0.2) is 31.0 Å². The van der Waals surface area contributed by atoms with E-state index < -0.39 is 0 Å². The third-order valence-electron chi connectivity index (χ3n) is 4.28. The van der Waals surface area contributed by atoms with Crippen LogP contribution < -0.4 is 10.1 Å². The summed E-state index contributed by atoms with van der Waals surface area (Å²) < 4.78 is 24.4. The van der Waals surface area contributed by atoms with Crippen molar-refractivity contribution in [3.8, 4) is 5.75 Å². The third kappa shape index (κ3) is 5.69. The molecule has 0 aliphatic carbocycles. The molecule has 0 radical (unpaired) electrons. The van der Waals surface area contributed by atoms with Crippen LogP contribution in [0, 0.1) is 5.82 Å². The zero-order chi connectivity index (χ0) is 19.8. The Bertz CT molecular complexity index is 879. The fraction of sp³-hybridized carbons (Fsp3) is 0.227. The van der Waals surface area contributed by atoms with Crippen LogP contribution in [0.2, 0.25) is 0 Å². The van der Waals surface area contributed by atoms with Gasteiger partial charge in [-0.2, -0.15) is 0 Å². The van der Waals surface area contributed by atoms with Crippen molar-refractivity contribution >= 4 is 5.91 Å². The van der Waals surface area contributed by atoms with Gasteiger partial charge in [0.15, 0.2) is 0 Å². The highest BCUT2D eigenvalue weighted by Gasteiger charge is 2.11. The van der Waals surface area contributed by atoms with Crippen LogP contribution in [0.25, 0.3) is 0 Å². The first-order valence-corrected chi connectivity index (χ1v) is 9.08. The lowest BCUT2D eigenvalue weighted by atomic mass is 10.1. The number of benzene rings is 2. The highest BCUT2D eigenvalue weighted by atomic mass is 19.1. The SMILES string of the molecule is CNC(=O)c1ccc(CN(CCOc2cccc(F)c2)Cc2ccco2)cc1. The number of carbonyl (C=O) groups excluding carboxylic acids is 1. The summed E-state index contributed by atoms with van der Waals surface area (Å²) in [5.74, 6) is 0.934. The van der Waals surface area contributed by atoms with Crippen LogP contribution in [0.5, 0.6) is 5.75 Å². The Morgan fingerprint density at radius 2 is 1.93 bits per heavy atom. The van der Waals surface area contributed by atoms with E-state index in [2.05, 4.69) is 10.2 Å². The van der Waals surface area contributed by atoms with E-state index in [0.717, 1.165) is 11.3 Å². The van der Waals surface area contributed by atoms with E-state index in [9.17, 15) is 9.18 Å². The molecule has 3 aromatic rings. The van der Waals surface area contributed by atoms with Crippen LogP contribution in [0.3, 0.4) is 0 Å². The molecular weight excluding hydrogens is 359 g/mol. The number of amides is 1. The van der Waals surface area contributed by atoms with E-state index in [4.69, 9.17) is 9.15 Å². The number of furan rings is 1. The molecule has 1 aromatic heterocycles. The summed E-state index contributed by atoms with van der Waals surface area (Å²) in [5.41, 5.74) is 1.70. The first kappa shape index (κ1) is 19.6. The van der Waals surface area contributed by atoms with Gasteiger partial charge in [0.1, 0.15) is 23.9 Å². The Balaban J connectivity index is 1.62. The average Bonchev–Trinajstić information content (AvgIpc) is 3.21. The number of carbonyl (C=O) groups is 1. The predicted molar refractivity (Wildman–Crippen MR) is 105 cm³/mol. The maximum atomic E-state index is 13.3. The van der Waals surface area contributed by atoms with Crippen LogP contribution >= 0.6 is 0 Å². The molecule has 3 rings (SSSR count). The average molecular weight is 382 g/mol. The largest absolute Gasteiger partial charge is 0.492 e. The number of hydrogen-bond donors (Lipinski definition) is 1. The lowest BCUT2D eigenvalue weighted by Gasteiger charge is -2.21. The topological polar surface area (TPSA) is 54.7 Å². The van der Waals surface area contributed by atoms with E-state index >= 15 is 0 Å². The van der Waals surface area contributed by atoms with Crippen molar-refractivity contribution in [2.75, 3.05) is 20.2 Å². The van der Waals surface area contributed by atoms with Gasteiger partial charge >= 0.3 is 0 Å². The smallest absolute Gasteiger partial charge is 0.251 e. The molecule has 1 N–H and O–H groups in total. The van der Waals surface area contributed by atoms with Crippen molar-refractivity contribution in [2.24, 2.45) is 0 Å². The molecule has 0 aliphatic heterocycles. The van der Waals surface area contributed by atoms with Crippen molar-refractivity contribution in [1.29, 1.82) is 0 Å². The van der Waals surface area contributed by atoms with Crippen molar-refractivity contribution < 1.29 is 18.3 Å². The summed E-state index contributed by atoms with van der Waals surface area (Å²) in [6.45, 7) is 2.34. The Morgan fingerprint density at radius 3 is 2.61 bits per heavy atom. The van der Waals surface area contributed by atoms with Gasteiger partial charge in [0.2, 0.25) is 0 Å². The minimum atomic E-state index is -0.318. The van der Waals surface area contributed by atoms with E-state index in [0.29, 0.717) is 37.6 Å². The summed E-state index contributed by atoms with van der Waals surface area (Å²) in [4.78, 5) is 13.9. The molecule has 0 bridgehead atoms. The molecule has 5 nitrogen and oxygen atoms in total. The molecule has 146 valence electrons. The maximum absolute atomic E-state index is 13.3. The normalized spacial score (nSPS) is 10.8. The Hall–Kier alpha value is -3.12. The van der Waals surface area contributed by atoms with Gasteiger partial charge in [-0.15, -0.1) is 0 Å². The first-order valence-electron chi connectivity index (χ1n) is 9.08. The van der Waals surface area contributed by atoms with Crippen LogP contribution in [0.15, 0.2) is 71.3 Å². The molecule has 0 aliphatic rings. The fourth-order valence-electron chi connectivity index (χ4n) is 2.85. The first-order chi connectivity index (χ1) is 13.6. The molecule has 0 spiro atoms. The molecule has 2 aromatic carbocycles. The Kier molecular flexibility index (Phi) is 6.81. The van der Waals surface area contributed by atoms with Gasteiger partial charge < -0.3 is 14.5 Å². The lowest BCUT2D eigenvalue weighted by molar-refractivity contribution is 0.0963. The lowest BCUT2D eigenvalue weighted by Crippen LogP contribution is -2.27. The summed E-state index contributed by atoms with van der Waals surface area (Å²) in [7, 11) is 1.61. The molecule has 0 atom stereocenters. The van der Waals surface area contributed by atoms with Crippen LogP contribution in [0.4, 0.5) is 4.39 Å². The van der Waals surface area contributed by atoms with Crippen LogP contribution in [0.1, 0.15) is 21.7 Å². The van der Waals surface area contributed by atoms with Crippen LogP contribution in [-0.2, 0) is 13.1 Å². The molecular formula is C22H23FN2O3. The predicted octanol–water partition coefficient (Wildman–Crippen LogP) is 3.86. The molecule has 0 unspecified atom stereocenters. The second-order valence-electron chi connectivity index (χ2n) is 6.37. The van der Waals surface area contributed by atoms with E-state index in [1.807, 2.05) is 36.4 Å². The molecule has 1 heterocycles. The van der Waals surface area contributed by atoms with Gasteiger partial charge in [-0.05, 0) is 42.0 Å². The zero-order valence-corrected chi connectivity index (χ0v) is 15.7. The van der Waals surface area contributed by atoms with E-state index in [1.165, 1.54) is 12.1 Å². The Labute approximate surface area is 163 Å². The second kappa shape index (κ2) is 9.71. The van der Waals surface area contributed by atoms with Crippen molar-refractivity contribution in [2.45, 2.75) is 13.1 Å². The summed E-state index contributed by atoms with van der Waals surface area (Å²) in [6, 6.07) is 17.4. The number of hydrogen-bond acceptors (Lipinski definition) is 4. The van der Waals surface area contributed by atoms with E-state index in [1.54, 1.807) is 25.4 Å². The number of halogens is 1. The summed E-state index contributed by atoms with van der Waals surface area (Å²) in [5, 5.41) is 2.61.